The van der Waals surface area contributed by atoms with Crippen LogP contribution in [-0.2, 0) is 9.59 Å². The maximum absolute atomic E-state index is 12.5. The summed E-state index contributed by atoms with van der Waals surface area (Å²) in [6, 6.07) is 1.68. The highest BCUT2D eigenvalue weighted by Crippen LogP contribution is 2.28. The second-order valence-electron chi connectivity index (χ2n) is 8.00. The Balaban J connectivity index is 1.63. The number of aryl methyl sites for hydroxylation is 1. The molecule has 2 aliphatic rings. The van der Waals surface area contributed by atoms with E-state index in [0.717, 1.165) is 17.6 Å². The second-order valence-corrected chi connectivity index (χ2v) is 8.92. The van der Waals surface area contributed by atoms with Crippen molar-refractivity contribution in [3.8, 4) is 0 Å². The van der Waals surface area contributed by atoms with Gasteiger partial charge in [0.05, 0.1) is 35.5 Å². The molecule has 0 aliphatic carbocycles. The summed E-state index contributed by atoms with van der Waals surface area (Å²) < 4.78 is 0.847. The van der Waals surface area contributed by atoms with E-state index in [1.54, 1.807) is 37.5 Å². The Bertz CT molecular complexity index is 927. The minimum absolute atomic E-state index is 0.0479. The molecule has 1 aromatic rings. The van der Waals surface area contributed by atoms with Gasteiger partial charge >= 0.3 is 0 Å². The van der Waals surface area contributed by atoms with Crippen LogP contribution < -0.4 is 21.7 Å². The normalized spacial score (nSPS) is 19.5. The van der Waals surface area contributed by atoms with Crippen molar-refractivity contribution in [3.05, 3.63) is 52.2 Å². The number of halogens is 1. The van der Waals surface area contributed by atoms with Gasteiger partial charge in [-0.3, -0.25) is 19.5 Å². The van der Waals surface area contributed by atoms with Gasteiger partial charge in [0.15, 0.2) is 0 Å². The third-order valence-electron chi connectivity index (χ3n) is 4.60. The molecule has 0 spiro atoms. The number of amides is 2. The number of anilines is 2. The third kappa shape index (κ3) is 5.45. The van der Waals surface area contributed by atoms with Crippen molar-refractivity contribution < 1.29 is 9.59 Å². The lowest BCUT2D eigenvalue weighted by molar-refractivity contribution is -0.120. The van der Waals surface area contributed by atoms with Crippen LogP contribution in [0.25, 0.3) is 0 Å². The lowest BCUT2D eigenvalue weighted by Gasteiger charge is -2.45. The highest BCUT2D eigenvalue weighted by molar-refractivity contribution is 9.11. The molecule has 3 heterocycles. The molecule has 1 saturated heterocycles. The molecule has 5 N–H and O–H groups in total. The topological polar surface area (TPSA) is 112 Å². The number of aromatic nitrogens is 1. The molecule has 0 bridgehead atoms. The van der Waals surface area contributed by atoms with E-state index in [2.05, 4.69) is 55.6 Å². The van der Waals surface area contributed by atoms with Gasteiger partial charge < -0.3 is 21.7 Å². The van der Waals surface area contributed by atoms with E-state index in [1.165, 1.54) is 0 Å². The molecule has 0 atom stereocenters. The van der Waals surface area contributed by atoms with Gasteiger partial charge in [-0.1, -0.05) is 13.8 Å². The SMILES string of the molecule is Cc1ncc(NC(=O)CN2CC(C)(C)C2)cc1NC(=O)/C(N)=C1\C=CC(Br)=CN1. The summed E-state index contributed by atoms with van der Waals surface area (Å²) in [5, 5.41) is 8.53. The molecule has 3 rings (SSSR count). The fourth-order valence-corrected chi connectivity index (χ4v) is 3.54. The maximum Gasteiger partial charge on any atom is 0.273 e. The van der Waals surface area contributed by atoms with E-state index in [-0.39, 0.29) is 17.0 Å². The lowest BCUT2D eigenvalue weighted by Crippen LogP contribution is -2.54. The first-order chi connectivity index (χ1) is 13.6. The van der Waals surface area contributed by atoms with Crippen LogP contribution in [-0.4, -0.2) is 41.3 Å². The number of hydrogen-bond acceptors (Lipinski definition) is 6. The number of pyridine rings is 1. The van der Waals surface area contributed by atoms with E-state index in [1.807, 2.05) is 0 Å². The first-order valence-corrected chi connectivity index (χ1v) is 10.0. The van der Waals surface area contributed by atoms with Crippen LogP contribution in [0.1, 0.15) is 19.5 Å². The van der Waals surface area contributed by atoms with E-state index in [0.29, 0.717) is 29.3 Å². The largest absolute Gasteiger partial charge is 0.393 e. The van der Waals surface area contributed by atoms with Crippen molar-refractivity contribution in [1.82, 2.24) is 15.2 Å². The lowest BCUT2D eigenvalue weighted by atomic mass is 9.84. The minimum Gasteiger partial charge on any atom is -0.393 e. The zero-order valence-electron chi connectivity index (χ0n) is 16.7. The predicted molar refractivity (Wildman–Crippen MR) is 117 cm³/mol. The van der Waals surface area contributed by atoms with Crippen LogP contribution >= 0.6 is 15.9 Å². The molecule has 1 aromatic heterocycles. The number of nitrogens with zero attached hydrogens (tertiary/aromatic N) is 2. The zero-order chi connectivity index (χ0) is 21.2. The molecule has 29 heavy (non-hydrogen) atoms. The Morgan fingerprint density at radius 1 is 1.31 bits per heavy atom. The van der Waals surface area contributed by atoms with E-state index in [4.69, 9.17) is 5.73 Å². The maximum atomic E-state index is 12.5. The van der Waals surface area contributed by atoms with E-state index < -0.39 is 5.91 Å². The number of allylic oxidation sites excluding steroid dienone is 3. The van der Waals surface area contributed by atoms with Gasteiger partial charge in [0.1, 0.15) is 5.70 Å². The summed E-state index contributed by atoms with van der Waals surface area (Å²) in [5.74, 6) is -0.571. The van der Waals surface area contributed by atoms with Crippen LogP contribution in [0.2, 0.25) is 0 Å². The van der Waals surface area contributed by atoms with Crippen LogP contribution in [0.3, 0.4) is 0 Å². The minimum atomic E-state index is -0.459. The number of nitrogens with one attached hydrogen (secondary N) is 3. The fourth-order valence-electron chi connectivity index (χ4n) is 3.29. The first kappa shape index (κ1) is 21.1. The zero-order valence-corrected chi connectivity index (χ0v) is 18.3. The molecule has 154 valence electrons. The number of dihydropyridines is 1. The fraction of sp³-hybridized carbons (Fsp3) is 0.350. The summed E-state index contributed by atoms with van der Waals surface area (Å²) in [5.41, 5.74) is 8.40. The summed E-state index contributed by atoms with van der Waals surface area (Å²) in [7, 11) is 0. The third-order valence-corrected chi connectivity index (χ3v) is 5.09. The molecule has 9 heteroatoms. The smallest absolute Gasteiger partial charge is 0.273 e. The number of nitrogens with two attached hydrogens (primary N) is 1. The Labute approximate surface area is 178 Å². The average molecular weight is 461 g/mol. The van der Waals surface area contributed by atoms with E-state index in [9.17, 15) is 9.59 Å². The van der Waals surface area contributed by atoms with Crippen LogP contribution in [0.4, 0.5) is 11.4 Å². The molecule has 0 saturated carbocycles. The predicted octanol–water partition coefficient (Wildman–Crippen LogP) is 2.17. The van der Waals surface area contributed by atoms with Gasteiger partial charge in [-0.2, -0.15) is 0 Å². The Hall–Kier alpha value is -2.65. The monoisotopic (exact) mass is 460 g/mol. The quantitative estimate of drug-likeness (QED) is 0.500. The van der Waals surface area contributed by atoms with Gasteiger partial charge in [-0.25, -0.2) is 0 Å². The molecular weight excluding hydrogens is 436 g/mol. The summed E-state index contributed by atoms with van der Waals surface area (Å²) in [4.78, 5) is 31.1. The summed E-state index contributed by atoms with van der Waals surface area (Å²) in [6.45, 7) is 8.25. The Morgan fingerprint density at radius 2 is 2.03 bits per heavy atom. The van der Waals surface area contributed by atoms with Crippen molar-refractivity contribution in [2.45, 2.75) is 20.8 Å². The Morgan fingerprint density at radius 3 is 2.66 bits per heavy atom. The van der Waals surface area contributed by atoms with Gasteiger partial charge in [-0.15, -0.1) is 0 Å². The van der Waals surface area contributed by atoms with Crippen molar-refractivity contribution in [3.63, 3.8) is 0 Å². The average Bonchev–Trinajstić information content (AvgIpc) is 2.63. The van der Waals surface area contributed by atoms with Gasteiger partial charge in [0.2, 0.25) is 5.91 Å². The van der Waals surface area contributed by atoms with Crippen LogP contribution in [0.15, 0.2) is 46.5 Å². The molecule has 0 unspecified atom stereocenters. The number of carbonyl (C=O) groups excluding carboxylic acids is 2. The van der Waals surface area contributed by atoms with Crippen LogP contribution in [0.5, 0.6) is 0 Å². The molecule has 2 amide bonds. The highest BCUT2D eigenvalue weighted by atomic mass is 79.9. The molecule has 0 radical (unpaired) electrons. The molecule has 2 aliphatic heterocycles. The second kappa shape index (κ2) is 8.38. The molecule has 0 aromatic carbocycles. The van der Waals surface area contributed by atoms with E-state index >= 15 is 0 Å². The van der Waals surface area contributed by atoms with Crippen molar-refractivity contribution in [1.29, 1.82) is 0 Å². The number of carbonyl (C=O) groups is 2. The standard InChI is InChI=1S/C20H25BrN6O2/c1-12-16(26-19(29)18(22)15-5-4-13(21)7-24-15)6-14(8-23-12)25-17(28)9-27-10-20(2,3)11-27/h4-8,24H,9-11,22H2,1-3H3,(H,25,28)(H,26,29)/b18-15-. The van der Waals surface area contributed by atoms with Gasteiger partial charge in [0.25, 0.3) is 5.91 Å². The molecule has 1 fully saturated rings. The first-order valence-electron chi connectivity index (χ1n) is 9.23. The number of rotatable bonds is 5. The molecule has 8 nitrogen and oxygen atoms in total. The van der Waals surface area contributed by atoms with Crippen molar-refractivity contribution in [2.24, 2.45) is 11.1 Å². The molecular formula is C20H25BrN6O2. The van der Waals surface area contributed by atoms with Gasteiger partial charge in [-0.05, 0) is 46.5 Å². The van der Waals surface area contributed by atoms with Gasteiger partial charge in [0, 0.05) is 23.8 Å². The number of hydrogen-bond donors (Lipinski definition) is 4. The summed E-state index contributed by atoms with van der Waals surface area (Å²) >= 11 is 3.32. The Kier molecular flexibility index (Phi) is 6.09. The van der Waals surface area contributed by atoms with Crippen molar-refractivity contribution in [2.75, 3.05) is 30.3 Å². The van der Waals surface area contributed by atoms with Crippen molar-refractivity contribution >= 4 is 39.1 Å². The van der Waals surface area contributed by atoms with Crippen LogP contribution in [0, 0.1) is 12.3 Å². The number of likely N-dealkylation sites (tertiary alicyclic amines) is 1. The highest BCUT2D eigenvalue weighted by Gasteiger charge is 2.34. The summed E-state index contributed by atoms with van der Waals surface area (Å²) in [6.07, 6.45) is 6.75.